The Balaban J connectivity index is 1.99. The zero-order valence-corrected chi connectivity index (χ0v) is 20.3. The van der Waals surface area contributed by atoms with Crippen LogP contribution in [0.5, 0.6) is 5.75 Å². The van der Waals surface area contributed by atoms with Crippen LogP contribution in [0, 0.1) is 0 Å². The first-order valence-corrected chi connectivity index (χ1v) is 12.9. The largest absolute Gasteiger partial charge is 0.508 e. The first kappa shape index (κ1) is 28.0. The number of benzene rings is 1. The highest BCUT2D eigenvalue weighted by Crippen LogP contribution is 2.14. The van der Waals surface area contributed by atoms with Gasteiger partial charge in [-0.05, 0) is 24.1 Å². The molecule has 0 radical (unpaired) electrons. The third-order valence-corrected chi connectivity index (χ3v) is 6.09. The Morgan fingerprint density at radius 1 is 0.719 bits per heavy atom. The Kier molecular flexibility index (Phi) is 16.2. The molecule has 5 nitrogen and oxygen atoms in total. The van der Waals surface area contributed by atoms with Gasteiger partial charge in [0, 0.05) is 6.54 Å². The number of phenols is 1. The molecule has 0 bridgehead atoms. The maximum Gasteiger partial charge on any atom is 0.321 e. The number of hydrogen-bond acceptors (Lipinski definition) is 3. The Morgan fingerprint density at radius 2 is 1.12 bits per heavy atom. The quantitative estimate of drug-likeness (QED) is 0.222. The molecule has 0 saturated carbocycles. The molecule has 1 rings (SSSR count). The molecule has 0 unspecified atom stereocenters. The molecule has 0 aliphatic heterocycles. The van der Waals surface area contributed by atoms with Crippen molar-refractivity contribution in [3.63, 3.8) is 0 Å². The molecule has 1 aromatic carbocycles. The van der Waals surface area contributed by atoms with Gasteiger partial charge in [-0.2, -0.15) is 0 Å². The fourth-order valence-electron chi connectivity index (χ4n) is 4.06. The second-order valence-electron chi connectivity index (χ2n) is 9.03. The lowest BCUT2D eigenvalue weighted by molar-refractivity contribution is -0.127. The molecule has 0 atom stereocenters. The number of carbonyl (C=O) groups excluding carboxylic acids is 2. The number of imide groups is 1. The molecule has 0 spiro atoms. The van der Waals surface area contributed by atoms with E-state index in [0.717, 1.165) is 29.7 Å². The van der Waals surface area contributed by atoms with E-state index in [0.29, 0.717) is 6.54 Å². The second kappa shape index (κ2) is 18.5. The number of hydrogen-bond donors (Lipinski definition) is 2. The molecule has 0 fully saturated rings. The van der Waals surface area contributed by atoms with E-state index in [-0.39, 0.29) is 18.1 Å². The van der Waals surface area contributed by atoms with Crippen LogP contribution in [-0.2, 0) is 11.2 Å². The van der Waals surface area contributed by atoms with E-state index in [1.807, 2.05) is 0 Å². The van der Waals surface area contributed by atoms with Crippen molar-refractivity contribution in [1.82, 2.24) is 4.90 Å². The lowest BCUT2D eigenvalue weighted by Crippen LogP contribution is -2.42. The Bertz CT molecular complexity index is 616. The average molecular weight is 447 g/mol. The minimum Gasteiger partial charge on any atom is -0.508 e. The molecule has 0 saturated heterocycles. The Morgan fingerprint density at radius 3 is 1.53 bits per heavy atom. The summed E-state index contributed by atoms with van der Waals surface area (Å²) in [5, 5.41) is 9.33. The highest BCUT2D eigenvalue weighted by atomic mass is 16.3. The molecule has 1 aromatic rings. The number of aromatic hydroxyl groups is 1. The number of rotatable bonds is 19. The number of nitrogens with two attached hydrogens (primary N) is 1. The summed E-state index contributed by atoms with van der Waals surface area (Å²) < 4.78 is 0. The van der Waals surface area contributed by atoms with E-state index in [9.17, 15) is 14.7 Å². The molecular formula is C27H46N2O3. The van der Waals surface area contributed by atoms with Gasteiger partial charge in [-0.3, -0.25) is 9.69 Å². The van der Waals surface area contributed by atoms with Gasteiger partial charge in [-0.1, -0.05) is 115 Å². The van der Waals surface area contributed by atoms with Crippen molar-refractivity contribution in [2.24, 2.45) is 5.73 Å². The van der Waals surface area contributed by atoms with E-state index in [4.69, 9.17) is 5.73 Å². The van der Waals surface area contributed by atoms with Crippen LogP contribution in [0.4, 0.5) is 4.79 Å². The normalized spacial score (nSPS) is 10.9. The lowest BCUT2D eigenvalue weighted by Gasteiger charge is -2.18. The maximum atomic E-state index is 12.4. The van der Waals surface area contributed by atoms with E-state index in [1.54, 1.807) is 12.1 Å². The third-order valence-electron chi connectivity index (χ3n) is 6.09. The van der Waals surface area contributed by atoms with E-state index < -0.39 is 6.03 Å². The van der Waals surface area contributed by atoms with Crippen LogP contribution >= 0.6 is 0 Å². The van der Waals surface area contributed by atoms with Gasteiger partial charge in [0.15, 0.2) is 0 Å². The van der Waals surface area contributed by atoms with Crippen molar-refractivity contribution in [2.75, 3.05) is 6.54 Å². The summed E-state index contributed by atoms with van der Waals surface area (Å²) in [7, 11) is 0. The number of primary amides is 1. The molecule has 0 aliphatic carbocycles. The molecule has 32 heavy (non-hydrogen) atoms. The van der Waals surface area contributed by atoms with Crippen molar-refractivity contribution < 1.29 is 14.7 Å². The number of phenolic OH excluding ortho intramolecular Hbond substituents is 1. The van der Waals surface area contributed by atoms with E-state index >= 15 is 0 Å². The summed E-state index contributed by atoms with van der Waals surface area (Å²) in [5.41, 5.74) is 6.16. The highest BCUT2D eigenvalue weighted by molar-refractivity contribution is 5.94. The summed E-state index contributed by atoms with van der Waals surface area (Å²) >= 11 is 0. The zero-order chi connectivity index (χ0) is 23.4. The molecule has 3 amide bonds. The third kappa shape index (κ3) is 14.1. The minimum atomic E-state index is -0.685. The summed E-state index contributed by atoms with van der Waals surface area (Å²) in [6.45, 7) is 2.65. The smallest absolute Gasteiger partial charge is 0.321 e. The van der Waals surface area contributed by atoms with Crippen LogP contribution in [-0.4, -0.2) is 28.5 Å². The average Bonchev–Trinajstić information content (AvgIpc) is 2.77. The van der Waals surface area contributed by atoms with Crippen LogP contribution in [0.1, 0.15) is 115 Å². The summed E-state index contributed by atoms with van der Waals surface area (Å²) in [4.78, 5) is 25.2. The number of unbranched alkanes of at least 4 members (excludes halogenated alkanes) is 15. The van der Waals surface area contributed by atoms with Gasteiger partial charge < -0.3 is 10.8 Å². The van der Waals surface area contributed by atoms with Crippen LogP contribution < -0.4 is 5.73 Å². The predicted octanol–water partition coefficient (Wildman–Crippen LogP) is 7.10. The van der Waals surface area contributed by atoms with Gasteiger partial charge in [0.1, 0.15) is 5.75 Å². The van der Waals surface area contributed by atoms with Gasteiger partial charge in [-0.25, -0.2) is 4.79 Å². The van der Waals surface area contributed by atoms with Crippen LogP contribution in [0.2, 0.25) is 0 Å². The van der Waals surface area contributed by atoms with Crippen molar-refractivity contribution in [3.8, 4) is 5.75 Å². The molecule has 3 N–H and O–H groups in total. The second-order valence-corrected chi connectivity index (χ2v) is 9.03. The van der Waals surface area contributed by atoms with Gasteiger partial charge in [0.25, 0.3) is 0 Å². The molecule has 0 aromatic heterocycles. The first-order chi connectivity index (χ1) is 15.5. The van der Waals surface area contributed by atoms with Crippen molar-refractivity contribution in [2.45, 2.75) is 116 Å². The van der Waals surface area contributed by atoms with Gasteiger partial charge >= 0.3 is 6.03 Å². The minimum absolute atomic E-state index is 0.113. The predicted molar refractivity (Wildman–Crippen MR) is 133 cm³/mol. The first-order valence-electron chi connectivity index (χ1n) is 12.9. The van der Waals surface area contributed by atoms with Crippen molar-refractivity contribution >= 4 is 11.9 Å². The number of amides is 3. The SMILES string of the molecule is CCCCCCCCCCCCCCCCCCN(C(N)=O)C(=O)Cc1ccc(O)cc1. The van der Waals surface area contributed by atoms with Crippen LogP contribution in [0.25, 0.3) is 0 Å². The number of urea groups is 1. The van der Waals surface area contributed by atoms with Gasteiger partial charge in [0.2, 0.25) is 5.91 Å². The van der Waals surface area contributed by atoms with Crippen LogP contribution in [0.15, 0.2) is 24.3 Å². The molecular weight excluding hydrogens is 400 g/mol. The maximum absolute atomic E-state index is 12.4. The Hall–Kier alpha value is -2.04. The van der Waals surface area contributed by atoms with Crippen molar-refractivity contribution in [1.29, 1.82) is 0 Å². The molecule has 0 aliphatic rings. The van der Waals surface area contributed by atoms with Crippen molar-refractivity contribution in [3.05, 3.63) is 29.8 Å². The highest BCUT2D eigenvalue weighted by Gasteiger charge is 2.18. The number of carbonyl (C=O) groups is 2. The van der Waals surface area contributed by atoms with Crippen LogP contribution in [0.3, 0.4) is 0 Å². The molecule has 0 heterocycles. The lowest BCUT2D eigenvalue weighted by atomic mass is 10.0. The monoisotopic (exact) mass is 446 g/mol. The van der Waals surface area contributed by atoms with E-state index in [1.165, 1.54) is 95.6 Å². The van der Waals surface area contributed by atoms with E-state index in [2.05, 4.69) is 6.92 Å². The summed E-state index contributed by atoms with van der Waals surface area (Å²) in [5.74, 6) is -0.134. The summed E-state index contributed by atoms with van der Waals surface area (Å²) in [6, 6.07) is 5.75. The molecule has 5 heteroatoms. The summed E-state index contributed by atoms with van der Waals surface area (Å²) in [6.07, 6.45) is 20.7. The zero-order valence-electron chi connectivity index (χ0n) is 20.3. The standard InChI is InChI=1S/C27H46N2O3/c1-2-3-4-5-6-7-8-9-10-11-12-13-14-15-16-17-22-29(27(28)32)26(31)23-24-18-20-25(30)21-19-24/h18-21,30H,2-17,22-23H2,1H3,(H2,28,32). The Labute approximate surface area is 195 Å². The fourth-order valence-corrected chi connectivity index (χ4v) is 4.06. The van der Waals surface area contributed by atoms with Gasteiger partial charge in [-0.15, -0.1) is 0 Å². The topological polar surface area (TPSA) is 83.6 Å². The van der Waals surface area contributed by atoms with Gasteiger partial charge in [0.05, 0.1) is 6.42 Å². The fraction of sp³-hybridized carbons (Fsp3) is 0.704. The number of nitrogens with zero attached hydrogens (tertiary/aromatic N) is 1. The molecule has 182 valence electrons.